The molecule has 0 saturated carbocycles. The number of carboxylic acid groups (broad SMARTS) is 1. The van der Waals surface area contributed by atoms with E-state index < -0.39 is 35.6 Å². The molecule has 0 aliphatic rings. The Balaban J connectivity index is 3.26. The predicted octanol–water partition coefficient (Wildman–Crippen LogP) is 2.94. The molecule has 0 atom stereocenters. The number of amides is 1. The molecule has 1 amide bonds. The van der Waals surface area contributed by atoms with Crippen LogP contribution >= 0.6 is 11.6 Å². The Labute approximate surface area is 119 Å². The first-order chi connectivity index (χ1) is 9.04. The summed E-state index contributed by atoms with van der Waals surface area (Å²) in [6.45, 7) is 4.31. The molecule has 0 aliphatic carbocycles. The molecule has 0 fully saturated rings. The van der Waals surface area contributed by atoms with Crippen molar-refractivity contribution in [3.8, 4) is 0 Å². The van der Waals surface area contributed by atoms with Gasteiger partial charge in [0.1, 0.15) is 6.54 Å². The molecule has 0 aliphatic heterocycles. The van der Waals surface area contributed by atoms with E-state index in [9.17, 15) is 18.4 Å². The Morgan fingerprint density at radius 2 is 1.75 bits per heavy atom. The molecule has 7 heteroatoms. The van der Waals surface area contributed by atoms with Crippen LogP contribution < -0.4 is 0 Å². The summed E-state index contributed by atoms with van der Waals surface area (Å²) in [7, 11) is 0. The zero-order valence-electron chi connectivity index (χ0n) is 11.2. The second kappa shape index (κ2) is 5.75. The maximum atomic E-state index is 13.2. The standard InChI is InChI=1S/C13H14ClF2NO3/c1-13(2,3)17(6-11(18)19)12(20)7-4-9(15)10(16)5-8(7)14/h4-5H,6H2,1-3H3,(H,18,19). The van der Waals surface area contributed by atoms with Gasteiger partial charge in [-0.3, -0.25) is 9.59 Å². The van der Waals surface area contributed by atoms with Crippen molar-refractivity contribution in [2.75, 3.05) is 6.54 Å². The monoisotopic (exact) mass is 305 g/mol. The van der Waals surface area contributed by atoms with E-state index in [1.54, 1.807) is 20.8 Å². The highest BCUT2D eigenvalue weighted by Crippen LogP contribution is 2.24. The molecule has 20 heavy (non-hydrogen) atoms. The SMILES string of the molecule is CC(C)(C)N(CC(=O)O)C(=O)c1cc(F)c(F)cc1Cl. The van der Waals surface area contributed by atoms with Crippen molar-refractivity contribution >= 4 is 23.5 Å². The van der Waals surface area contributed by atoms with Gasteiger partial charge in [-0.1, -0.05) is 11.6 Å². The molecule has 1 rings (SSSR count). The summed E-state index contributed by atoms with van der Waals surface area (Å²) in [5.41, 5.74) is -1.09. The number of hydrogen-bond donors (Lipinski definition) is 1. The largest absolute Gasteiger partial charge is 0.480 e. The molecule has 1 N–H and O–H groups in total. The average molecular weight is 306 g/mol. The van der Waals surface area contributed by atoms with E-state index in [0.717, 1.165) is 4.90 Å². The lowest BCUT2D eigenvalue weighted by atomic mass is 10.0. The van der Waals surface area contributed by atoms with Gasteiger partial charge in [0.25, 0.3) is 5.91 Å². The summed E-state index contributed by atoms with van der Waals surface area (Å²) in [5.74, 6) is -4.38. The van der Waals surface area contributed by atoms with Crippen LogP contribution in [0.1, 0.15) is 31.1 Å². The van der Waals surface area contributed by atoms with E-state index in [0.29, 0.717) is 12.1 Å². The summed E-state index contributed by atoms with van der Waals surface area (Å²) < 4.78 is 26.2. The maximum Gasteiger partial charge on any atom is 0.323 e. The van der Waals surface area contributed by atoms with Crippen molar-refractivity contribution in [3.05, 3.63) is 34.4 Å². The first-order valence-electron chi connectivity index (χ1n) is 5.72. The van der Waals surface area contributed by atoms with Crippen LogP contribution in [0.3, 0.4) is 0 Å². The third kappa shape index (κ3) is 3.66. The topological polar surface area (TPSA) is 57.6 Å². The number of halogens is 3. The molecular formula is C13H14ClF2NO3. The van der Waals surface area contributed by atoms with E-state index in [2.05, 4.69) is 0 Å². The van der Waals surface area contributed by atoms with E-state index in [1.807, 2.05) is 0 Å². The number of carboxylic acids is 1. The van der Waals surface area contributed by atoms with Gasteiger partial charge in [0.15, 0.2) is 11.6 Å². The summed E-state index contributed by atoms with van der Waals surface area (Å²) >= 11 is 5.73. The van der Waals surface area contributed by atoms with Crippen LogP contribution in [0.15, 0.2) is 12.1 Å². The second-order valence-corrected chi connectivity index (χ2v) is 5.61. The first kappa shape index (κ1) is 16.4. The van der Waals surface area contributed by atoms with Crippen molar-refractivity contribution in [3.63, 3.8) is 0 Å². The highest BCUT2D eigenvalue weighted by Gasteiger charge is 2.31. The van der Waals surface area contributed by atoms with Crippen LogP contribution in [-0.4, -0.2) is 34.0 Å². The Morgan fingerprint density at radius 3 is 2.20 bits per heavy atom. The minimum atomic E-state index is -1.22. The fourth-order valence-electron chi connectivity index (χ4n) is 1.58. The number of nitrogens with zero attached hydrogens (tertiary/aromatic N) is 1. The van der Waals surface area contributed by atoms with Crippen molar-refractivity contribution in [1.82, 2.24) is 4.90 Å². The van der Waals surface area contributed by atoms with Crippen molar-refractivity contribution in [2.24, 2.45) is 0 Å². The highest BCUT2D eigenvalue weighted by atomic mass is 35.5. The highest BCUT2D eigenvalue weighted by molar-refractivity contribution is 6.33. The van der Waals surface area contributed by atoms with Crippen LogP contribution in [0.4, 0.5) is 8.78 Å². The van der Waals surface area contributed by atoms with Gasteiger partial charge in [0, 0.05) is 5.54 Å². The molecule has 0 aromatic heterocycles. The second-order valence-electron chi connectivity index (χ2n) is 5.20. The van der Waals surface area contributed by atoms with E-state index >= 15 is 0 Å². The summed E-state index contributed by atoms with van der Waals surface area (Å²) in [6.07, 6.45) is 0. The van der Waals surface area contributed by atoms with E-state index in [1.165, 1.54) is 0 Å². The van der Waals surface area contributed by atoms with E-state index in [-0.39, 0.29) is 10.6 Å². The van der Waals surface area contributed by atoms with Gasteiger partial charge >= 0.3 is 5.97 Å². The van der Waals surface area contributed by atoms with Gasteiger partial charge in [0.05, 0.1) is 10.6 Å². The third-order valence-corrected chi connectivity index (χ3v) is 2.90. The molecule has 4 nitrogen and oxygen atoms in total. The summed E-state index contributed by atoms with van der Waals surface area (Å²) in [6, 6.07) is 1.35. The zero-order valence-corrected chi connectivity index (χ0v) is 12.0. The lowest BCUT2D eigenvalue weighted by Crippen LogP contribution is -2.48. The molecule has 0 unspecified atom stereocenters. The Hall–Kier alpha value is -1.69. The van der Waals surface area contributed by atoms with Gasteiger partial charge < -0.3 is 10.0 Å². The lowest BCUT2D eigenvalue weighted by Gasteiger charge is -2.34. The number of carbonyl (C=O) groups excluding carboxylic acids is 1. The van der Waals surface area contributed by atoms with Crippen LogP contribution in [-0.2, 0) is 4.79 Å². The molecule has 0 heterocycles. The number of benzene rings is 1. The van der Waals surface area contributed by atoms with Gasteiger partial charge in [-0.05, 0) is 32.9 Å². The molecule has 0 saturated heterocycles. The molecule has 0 radical (unpaired) electrons. The zero-order chi connectivity index (χ0) is 15.7. The van der Waals surface area contributed by atoms with Crippen molar-refractivity contribution in [1.29, 1.82) is 0 Å². The van der Waals surface area contributed by atoms with Gasteiger partial charge in [0.2, 0.25) is 0 Å². The number of carbonyl (C=O) groups is 2. The quantitative estimate of drug-likeness (QED) is 0.874. The van der Waals surface area contributed by atoms with Crippen LogP contribution in [0.25, 0.3) is 0 Å². The maximum absolute atomic E-state index is 13.2. The molecular weight excluding hydrogens is 292 g/mol. The predicted molar refractivity (Wildman–Crippen MR) is 69.8 cm³/mol. The van der Waals surface area contributed by atoms with Crippen LogP contribution in [0, 0.1) is 11.6 Å². The van der Waals surface area contributed by atoms with Crippen LogP contribution in [0.5, 0.6) is 0 Å². The summed E-state index contributed by atoms with van der Waals surface area (Å²) in [4.78, 5) is 24.2. The Bertz CT molecular complexity index is 555. The smallest absolute Gasteiger partial charge is 0.323 e. The van der Waals surface area contributed by atoms with Gasteiger partial charge in [-0.15, -0.1) is 0 Å². The van der Waals surface area contributed by atoms with Crippen LogP contribution in [0.2, 0.25) is 5.02 Å². The fraction of sp³-hybridized carbons (Fsp3) is 0.385. The summed E-state index contributed by atoms with van der Waals surface area (Å²) in [5, 5.41) is 8.58. The van der Waals surface area contributed by atoms with E-state index in [4.69, 9.17) is 16.7 Å². The third-order valence-electron chi connectivity index (χ3n) is 2.59. The molecule has 0 bridgehead atoms. The van der Waals surface area contributed by atoms with Gasteiger partial charge in [-0.25, -0.2) is 8.78 Å². The minimum absolute atomic E-state index is 0.270. The molecule has 110 valence electrons. The average Bonchev–Trinajstić information content (AvgIpc) is 2.28. The molecule has 1 aromatic carbocycles. The minimum Gasteiger partial charge on any atom is -0.480 e. The molecule has 1 aromatic rings. The number of hydrogen-bond acceptors (Lipinski definition) is 2. The van der Waals surface area contributed by atoms with Crippen molar-refractivity contribution in [2.45, 2.75) is 26.3 Å². The number of aliphatic carboxylic acids is 1. The molecule has 0 spiro atoms. The van der Waals surface area contributed by atoms with Gasteiger partial charge in [-0.2, -0.15) is 0 Å². The fourth-order valence-corrected chi connectivity index (χ4v) is 1.81. The first-order valence-corrected chi connectivity index (χ1v) is 6.10. The Morgan fingerprint density at radius 1 is 1.25 bits per heavy atom. The normalized spacial score (nSPS) is 11.3. The number of rotatable bonds is 3. The van der Waals surface area contributed by atoms with Crippen molar-refractivity contribution < 1.29 is 23.5 Å². The Kier molecular flexibility index (Phi) is 4.70. The lowest BCUT2D eigenvalue weighted by molar-refractivity contribution is -0.138.